The van der Waals surface area contributed by atoms with Gasteiger partial charge in [0.15, 0.2) is 0 Å². The molecule has 0 aliphatic heterocycles. The first-order valence-electron chi connectivity index (χ1n) is 10.1. The van der Waals surface area contributed by atoms with E-state index in [2.05, 4.69) is 10.3 Å². The van der Waals surface area contributed by atoms with E-state index < -0.39 is 57.1 Å². The molecule has 0 saturated carbocycles. The summed E-state index contributed by atoms with van der Waals surface area (Å²) in [4.78, 5) is 41.0. The first kappa shape index (κ1) is 24.9. The number of rotatable bonds is 4. The number of fused-ring (bicyclic) bond motifs is 1. The second-order valence-electron chi connectivity index (χ2n) is 7.61. The predicted molar refractivity (Wildman–Crippen MR) is 123 cm³/mol. The summed E-state index contributed by atoms with van der Waals surface area (Å²) in [5, 5.41) is 11.6. The predicted octanol–water partition coefficient (Wildman–Crippen LogP) is 5.86. The van der Waals surface area contributed by atoms with E-state index in [0.29, 0.717) is 6.07 Å². The Kier molecular flexibility index (Phi) is 6.27. The fraction of sp³-hybridized carbons (Fsp3) is 0.0833. The number of benzene rings is 2. The van der Waals surface area contributed by atoms with Crippen LogP contribution < -0.4 is 5.32 Å². The maximum Gasteiger partial charge on any atom is 0.417 e. The second-order valence-corrected chi connectivity index (χ2v) is 8.02. The lowest BCUT2D eigenvalue weighted by Gasteiger charge is -2.14. The molecule has 0 spiro atoms. The van der Waals surface area contributed by atoms with E-state index in [0.717, 1.165) is 41.2 Å². The zero-order valence-corrected chi connectivity index (χ0v) is 18.9. The summed E-state index contributed by atoms with van der Waals surface area (Å²) in [6, 6.07) is 6.12. The molecule has 12 heteroatoms. The molecule has 2 heterocycles. The lowest BCUT2D eigenvalue weighted by Crippen LogP contribution is -2.18. The van der Waals surface area contributed by atoms with Crippen molar-refractivity contribution >= 4 is 46.0 Å². The molecule has 0 saturated heterocycles. The van der Waals surface area contributed by atoms with Crippen LogP contribution in [0.25, 0.3) is 22.0 Å². The SMILES string of the molecule is CC(=O)Nc1cncc2c1c(-c1c(F)cccc1C(=O)O)cn2C(=O)c1c(Cl)cccc1C(F)(F)F. The highest BCUT2D eigenvalue weighted by Crippen LogP contribution is 2.40. The third kappa shape index (κ3) is 4.29. The fourth-order valence-electron chi connectivity index (χ4n) is 3.89. The number of halogens is 5. The zero-order valence-electron chi connectivity index (χ0n) is 18.2. The van der Waals surface area contributed by atoms with Crippen molar-refractivity contribution in [2.24, 2.45) is 0 Å². The summed E-state index contributed by atoms with van der Waals surface area (Å²) in [5.74, 6) is -4.25. The van der Waals surface area contributed by atoms with Crippen LogP contribution in [0.15, 0.2) is 55.0 Å². The number of amides is 1. The number of aromatic carboxylic acids is 1. The molecule has 36 heavy (non-hydrogen) atoms. The van der Waals surface area contributed by atoms with Crippen molar-refractivity contribution in [3.05, 3.63) is 82.5 Å². The van der Waals surface area contributed by atoms with E-state index in [-0.39, 0.29) is 22.2 Å². The number of anilines is 1. The summed E-state index contributed by atoms with van der Waals surface area (Å²) in [5.41, 5.74) is -3.38. The minimum Gasteiger partial charge on any atom is -0.478 e. The number of pyridine rings is 1. The molecule has 4 rings (SSSR count). The van der Waals surface area contributed by atoms with Gasteiger partial charge in [0.1, 0.15) is 5.82 Å². The van der Waals surface area contributed by atoms with Crippen LogP contribution >= 0.6 is 11.6 Å². The van der Waals surface area contributed by atoms with Crippen molar-refractivity contribution in [2.45, 2.75) is 13.1 Å². The van der Waals surface area contributed by atoms with Crippen molar-refractivity contribution in [2.75, 3.05) is 5.32 Å². The number of hydrogen-bond acceptors (Lipinski definition) is 4. The van der Waals surface area contributed by atoms with Crippen LogP contribution in [0.2, 0.25) is 5.02 Å². The van der Waals surface area contributed by atoms with E-state index in [1.165, 1.54) is 19.2 Å². The van der Waals surface area contributed by atoms with Gasteiger partial charge in [0, 0.05) is 29.6 Å². The Labute approximate surface area is 204 Å². The van der Waals surface area contributed by atoms with Crippen molar-refractivity contribution in [3.63, 3.8) is 0 Å². The molecule has 2 N–H and O–H groups in total. The van der Waals surface area contributed by atoms with Crippen LogP contribution in [0, 0.1) is 5.82 Å². The molecule has 0 unspecified atom stereocenters. The number of carbonyl (C=O) groups excluding carboxylic acids is 2. The maximum atomic E-state index is 15.0. The van der Waals surface area contributed by atoms with E-state index in [4.69, 9.17) is 11.6 Å². The van der Waals surface area contributed by atoms with E-state index in [1.807, 2.05) is 0 Å². The number of carbonyl (C=O) groups is 3. The Bertz CT molecular complexity index is 1560. The number of carboxylic acid groups (broad SMARTS) is 1. The molecule has 1 amide bonds. The zero-order chi connectivity index (χ0) is 26.4. The first-order valence-corrected chi connectivity index (χ1v) is 10.5. The number of nitrogens with one attached hydrogen (secondary N) is 1. The number of aromatic nitrogens is 2. The van der Waals surface area contributed by atoms with Crippen LogP contribution in [0.5, 0.6) is 0 Å². The van der Waals surface area contributed by atoms with Gasteiger partial charge in [-0.15, -0.1) is 0 Å². The number of nitrogens with zero attached hydrogens (tertiary/aromatic N) is 2. The maximum absolute atomic E-state index is 15.0. The van der Waals surface area contributed by atoms with Crippen LogP contribution in [0.1, 0.15) is 33.2 Å². The van der Waals surface area contributed by atoms with Crippen LogP contribution in [0.4, 0.5) is 23.2 Å². The Morgan fingerprint density at radius 2 is 1.78 bits per heavy atom. The molecule has 0 aliphatic carbocycles. The molecular formula is C24H14ClF4N3O4. The Morgan fingerprint density at radius 1 is 1.08 bits per heavy atom. The molecule has 184 valence electrons. The van der Waals surface area contributed by atoms with Crippen molar-refractivity contribution in [1.29, 1.82) is 0 Å². The Balaban J connectivity index is 2.11. The summed E-state index contributed by atoms with van der Waals surface area (Å²) in [6.45, 7) is 1.17. The molecule has 0 radical (unpaired) electrons. The van der Waals surface area contributed by atoms with Gasteiger partial charge in [0.05, 0.1) is 45.3 Å². The highest BCUT2D eigenvalue weighted by molar-refractivity contribution is 6.34. The molecule has 0 bridgehead atoms. The Hall–Kier alpha value is -4.25. The third-order valence-corrected chi connectivity index (χ3v) is 5.60. The molecule has 4 aromatic rings. The van der Waals surface area contributed by atoms with Gasteiger partial charge in [0.25, 0.3) is 5.91 Å². The highest BCUT2D eigenvalue weighted by atomic mass is 35.5. The van der Waals surface area contributed by atoms with Crippen LogP contribution in [-0.2, 0) is 11.0 Å². The van der Waals surface area contributed by atoms with Gasteiger partial charge in [-0.2, -0.15) is 13.2 Å². The number of alkyl halides is 3. The monoisotopic (exact) mass is 519 g/mol. The second kappa shape index (κ2) is 9.08. The average molecular weight is 520 g/mol. The standard InChI is InChI=1S/C24H14ClF4N3O4/c1-11(33)31-17-8-30-9-18-20(17)13(19-12(23(35)36)4-2-7-16(19)26)10-32(18)22(34)21-14(24(27,28)29)5-3-6-15(21)25/h2-10H,1H3,(H,31,33)(H,35,36). The lowest BCUT2D eigenvalue weighted by atomic mass is 9.98. The molecule has 7 nitrogen and oxygen atoms in total. The highest BCUT2D eigenvalue weighted by Gasteiger charge is 2.37. The molecule has 2 aromatic heterocycles. The summed E-state index contributed by atoms with van der Waals surface area (Å²) in [7, 11) is 0. The van der Waals surface area contributed by atoms with Gasteiger partial charge in [-0.1, -0.05) is 23.7 Å². The van der Waals surface area contributed by atoms with Gasteiger partial charge in [-0.05, 0) is 24.3 Å². The minimum absolute atomic E-state index is 0.0123. The van der Waals surface area contributed by atoms with E-state index >= 15 is 4.39 Å². The molecule has 0 atom stereocenters. The largest absolute Gasteiger partial charge is 0.478 e. The topological polar surface area (TPSA) is 101 Å². The van der Waals surface area contributed by atoms with Crippen molar-refractivity contribution < 1.29 is 37.1 Å². The fourth-order valence-corrected chi connectivity index (χ4v) is 4.15. The van der Waals surface area contributed by atoms with Gasteiger partial charge in [-0.25, -0.2) is 9.18 Å². The summed E-state index contributed by atoms with van der Waals surface area (Å²) < 4.78 is 56.9. The smallest absolute Gasteiger partial charge is 0.417 e. The number of carboxylic acids is 1. The Morgan fingerprint density at radius 3 is 2.42 bits per heavy atom. The van der Waals surface area contributed by atoms with Gasteiger partial charge < -0.3 is 10.4 Å². The summed E-state index contributed by atoms with van der Waals surface area (Å²) in [6.07, 6.45) is -1.63. The van der Waals surface area contributed by atoms with E-state index in [9.17, 15) is 32.7 Å². The molecule has 0 fully saturated rings. The quantitative estimate of drug-likeness (QED) is 0.329. The average Bonchev–Trinajstić information content (AvgIpc) is 3.17. The summed E-state index contributed by atoms with van der Waals surface area (Å²) >= 11 is 6.00. The van der Waals surface area contributed by atoms with Crippen molar-refractivity contribution in [1.82, 2.24) is 9.55 Å². The molecule has 2 aromatic carbocycles. The molecular weight excluding hydrogens is 506 g/mol. The van der Waals surface area contributed by atoms with Crippen molar-refractivity contribution in [3.8, 4) is 11.1 Å². The van der Waals surface area contributed by atoms with Crippen LogP contribution in [0.3, 0.4) is 0 Å². The third-order valence-electron chi connectivity index (χ3n) is 5.29. The van der Waals surface area contributed by atoms with Gasteiger partial charge in [0.2, 0.25) is 5.91 Å². The minimum atomic E-state index is -4.93. The normalized spacial score (nSPS) is 11.5. The van der Waals surface area contributed by atoms with Gasteiger partial charge in [-0.3, -0.25) is 19.1 Å². The molecule has 0 aliphatic rings. The first-order chi connectivity index (χ1) is 16.9. The van der Waals surface area contributed by atoms with Crippen LogP contribution in [-0.4, -0.2) is 32.4 Å². The van der Waals surface area contributed by atoms with Gasteiger partial charge >= 0.3 is 12.1 Å². The lowest BCUT2D eigenvalue weighted by molar-refractivity contribution is -0.138. The van der Waals surface area contributed by atoms with E-state index in [1.54, 1.807) is 0 Å². The number of hydrogen-bond donors (Lipinski definition) is 2.